The summed E-state index contributed by atoms with van der Waals surface area (Å²) in [6.45, 7) is 0.618. The Hall–Kier alpha value is -2.80. The molecule has 154 valence electrons. The Morgan fingerprint density at radius 1 is 1.14 bits per heavy atom. The molecule has 0 aromatic rings. The zero-order chi connectivity index (χ0) is 20.6. The molecule has 0 aromatic heterocycles. The third-order valence-electron chi connectivity index (χ3n) is 4.34. The largest absolute Gasteiger partial charge is 0.481 e. The lowest BCUT2D eigenvalue weighted by Crippen LogP contribution is -2.26. The van der Waals surface area contributed by atoms with Crippen LogP contribution in [0.5, 0.6) is 0 Å². The van der Waals surface area contributed by atoms with Gasteiger partial charge in [0.25, 0.3) is 5.91 Å². The number of aliphatic carboxylic acids is 1. The maximum atomic E-state index is 12.2. The number of azide groups is 1. The van der Waals surface area contributed by atoms with Crippen LogP contribution in [0.1, 0.15) is 64.2 Å². The predicted molar refractivity (Wildman–Crippen MR) is 105 cm³/mol. The van der Waals surface area contributed by atoms with Crippen LogP contribution in [0, 0.1) is 0 Å². The van der Waals surface area contributed by atoms with E-state index in [9.17, 15) is 14.4 Å². The zero-order valence-corrected chi connectivity index (χ0v) is 16.2. The first-order valence-corrected chi connectivity index (χ1v) is 9.72. The Morgan fingerprint density at radius 2 is 1.79 bits per heavy atom. The fourth-order valence-corrected chi connectivity index (χ4v) is 2.85. The molecule has 0 fully saturated rings. The predicted octanol–water partition coefficient (Wildman–Crippen LogP) is 3.34. The summed E-state index contributed by atoms with van der Waals surface area (Å²) in [6, 6.07) is 0. The molecule has 0 saturated heterocycles. The molecule has 1 aliphatic heterocycles. The van der Waals surface area contributed by atoms with Crippen molar-refractivity contribution in [1.29, 1.82) is 0 Å². The van der Waals surface area contributed by atoms with E-state index >= 15 is 0 Å². The number of rotatable bonds is 14. The maximum absolute atomic E-state index is 12.2. The van der Waals surface area contributed by atoms with Crippen LogP contribution >= 0.6 is 0 Å². The van der Waals surface area contributed by atoms with Crippen molar-refractivity contribution < 1.29 is 19.5 Å². The van der Waals surface area contributed by atoms with Crippen molar-refractivity contribution in [3.05, 3.63) is 33.9 Å². The molecule has 1 heterocycles. The monoisotopic (exact) mass is 391 g/mol. The van der Waals surface area contributed by atoms with Gasteiger partial charge in [-0.25, -0.2) is 0 Å². The number of hydrogen-bond donors (Lipinski definition) is 3. The molecule has 3 N–H and O–H groups in total. The Balaban J connectivity index is 2.17. The van der Waals surface area contributed by atoms with Gasteiger partial charge in [-0.2, -0.15) is 0 Å². The average Bonchev–Trinajstić information content (AvgIpc) is 2.85. The molecule has 0 unspecified atom stereocenters. The van der Waals surface area contributed by atoms with E-state index in [2.05, 4.69) is 20.7 Å². The van der Waals surface area contributed by atoms with E-state index in [1.807, 2.05) is 0 Å². The first-order chi connectivity index (χ1) is 13.5. The molecule has 9 nitrogen and oxygen atoms in total. The van der Waals surface area contributed by atoms with Gasteiger partial charge in [-0.05, 0) is 24.4 Å². The number of unbranched alkanes of at least 4 members (excludes halogenated alkanes) is 7. The SMILES string of the molecule is [N-]=[N+]=NCC1=CC(C(=O)NCCCCCCCCCCC(=O)O)=CNC(=O)C1. The van der Waals surface area contributed by atoms with Crippen LogP contribution < -0.4 is 10.6 Å². The molecule has 0 aliphatic carbocycles. The Kier molecular flexibility index (Phi) is 11.9. The van der Waals surface area contributed by atoms with Gasteiger partial charge in [0, 0.05) is 37.0 Å². The summed E-state index contributed by atoms with van der Waals surface area (Å²) in [5, 5.41) is 17.4. The van der Waals surface area contributed by atoms with Crippen LogP contribution in [0.2, 0.25) is 0 Å². The third-order valence-corrected chi connectivity index (χ3v) is 4.34. The summed E-state index contributed by atoms with van der Waals surface area (Å²) in [5.74, 6) is -1.24. The Labute approximate surface area is 164 Å². The van der Waals surface area contributed by atoms with Crippen LogP contribution in [-0.4, -0.2) is 36.0 Å². The molecule has 0 spiro atoms. The summed E-state index contributed by atoms with van der Waals surface area (Å²) in [5.41, 5.74) is 9.34. The van der Waals surface area contributed by atoms with Crippen molar-refractivity contribution >= 4 is 17.8 Å². The van der Waals surface area contributed by atoms with Gasteiger partial charge in [0.2, 0.25) is 5.91 Å². The molecular formula is C19H29N5O4. The number of carbonyl (C=O) groups is 3. The summed E-state index contributed by atoms with van der Waals surface area (Å²) < 4.78 is 0. The number of nitrogens with one attached hydrogen (secondary N) is 2. The minimum atomic E-state index is -0.730. The number of carboxylic acids is 1. The van der Waals surface area contributed by atoms with Gasteiger partial charge in [-0.3, -0.25) is 14.4 Å². The number of nitrogens with zero attached hydrogens (tertiary/aromatic N) is 3. The molecule has 0 bridgehead atoms. The van der Waals surface area contributed by atoms with Gasteiger partial charge in [-0.1, -0.05) is 49.2 Å². The average molecular weight is 391 g/mol. The lowest BCUT2D eigenvalue weighted by atomic mass is 10.1. The van der Waals surface area contributed by atoms with Gasteiger partial charge < -0.3 is 15.7 Å². The number of amides is 2. The highest BCUT2D eigenvalue weighted by molar-refractivity contribution is 5.97. The van der Waals surface area contributed by atoms with Crippen molar-refractivity contribution in [2.24, 2.45) is 5.11 Å². The molecule has 1 rings (SSSR count). The highest BCUT2D eigenvalue weighted by Gasteiger charge is 2.14. The molecule has 0 atom stereocenters. The van der Waals surface area contributed by atoms with E-state index in [1.165, 1.54) is 6.20 Å². The molecule has 28 heavy (non-hydrogen) atoms. The minimum absolute atomic E-state index is 0.0604. The Morgan fingerprint density at radius 3 is 2.43 bits per heavy atom. The first-order valence-electron chi connectivity index (χ1n) is 9.72. The number of hydrogen-bond acceptors (Lipinski definition) is 4. The topological polar surface area (TPSA) is 144 Å². The first kappa shape index (κ1) is 23.2. The zero-order valence-electron chi connectivity index (χ0n) is 16.2. The molecule has 0 radical (unpaired) electrons. The number of carboxylic acid groups (broad SMARTS) is 1. The molecule has 1 aliphatic rings. The van der Waals surface area contributed by atoms with Crippen LogP contribution in [-0.2, 0) is 14.4 Å². The normalized spacial score (nSPS) is 13.5. The lowest BCUT2D eigenvalue weighted by Gasteiger charge is -2.06. The maximum Gasteiger partial charge on any atom is 0.303 e. The van der Waals surface area contributed by atoms with Crippen molar-refractivity contribution in [3.63, 3.8) is 0 Å². The summed E-state index contributed by atoms with van der Waals surface area (Å²) in [7, 11) is 0. The van der Waals surface area contributed by atoms with E-state index in [-0.39, 0.29) is 31.2 Å². The fourth-order valence-electron chi connectivity index (χ4n) is 2.85. The van der Waals surface area contributed by atoms with E-state index in [1.54, 1.807) is 6.08 Å². The van der Waals surface area contributed by atoms with Gasteiger partial charge in [-0.15, -0.1) is 0 Å². The second-order valence-corrected chi connectivity index (χ2v) is 6.76. The van der Waals surface area contributed by atoms with Crippen LogP contribution in [0.25, 0.3) is 10.4 Å². The highest BCUT2D eigenvalue weighted by atomic mass is 16.4. The Bertz CT molecular complexity index is 647. The second-order valence-electron chi connectivity index (χ2n) is 6.76. The summed E-state index contributed by atoms with van der Waals surface area (Å²) >= 11 is 0. The molecular weight excluding hydrogens is 362 g/mol. The van der Waals surface area contributed by atoms with E-state index in [0.29, 0.717) is 17.7 Å². The van der Waals surface area contributed by atoms with E-state index in [0.717, 1.165) is 51.4 Å². The molecule has 9 heteroatoms. The van der Waals surface area contributed by atoms with Crippen molar-refractivity contribution in [1.82, 2.24) is 10.6 Å². The second kappa shape index (κ2) is 14.3. The fraction of sp³-hybridized carbons (Fsp3) is 0.632. The van der Waals surface area contributed by atoms with Gasteiger partial charge >= 0.3 is 5.97 Å². The number of carbonyl (C=O) groups excluding carboxylic acids is 2. The summed E-state index contributed by atoms with van der Waals surface area (Å²) in [4.78, 5) is 36.9. The molecule has 0 aromatic carbocycles. The smallest absolute Gasteiger partial charge is 0.303 e. The molecule has 2 amide bonds. The summed E-state index contributed by atoms with van der Waals surface area (Å²) in [6.07, 6.45) is 11.3. The van der Waals surface area contributed by atoms with Crippen molar-refractivity contribution in [2.75, 3.05) is 13.1 Å². The third kappa shape index (κ3) is 11.0. The van der Waals surface area contributed by atoms with Gasteiger partial charge in [0.05, 0.1) is 5.57 Å². The standard InChI is InChI=1S/C19H29N5O4/c20-24-23-13-15-11-16(14-22-17(25)12-15)19(28)21-10-8-6-4-2-1-3-5-7-9-18(26)27/h11,14H,1-10,12-13H2,(H,21,28)(H,22,25)(H,26,27). The van der Waals surface area contributed by atoms with Crippen molar-refractivity contribution in [3.8, 4) is 0 Å². The quantitative estimate of drug-likeness (QED) is 0.180. The molecule has 0 saturated carbocycles. The van der Waals surface area contributed by atoms with Gasteiger partial charge in [0.15, 0.2) is 0 Å². The van der Waals surface area contributed by atoms with Crippen LogP contribution in [0.3, 0.4) is 0 Å². The highest BCUT2D eigenvalue weighted by Crippen LogP contribution is 2.12. The van der Waals surface area contributed by atoms with E-state index in [4.69, 9.17) is 10.6 Å². The van der Waals surface area contributed by atoms with Gasteiger partial charge in [0.1, 0.15) is 0 Å². The van der Waals surface area contributed by atoms with E-state index < -0.39 is 5.97 Å². The van der Waals surface area contributed by atoms with Crippen LogP contribution in [0.15, 0.2) is 28.5 Å². The van der Waals surface area contributed by atoms with Crippen molar-refractivity contribution in [2.45, 2.75) is 64.2 Å². The van der Waals surface area contributed by atoms with Crippen LogP contribution in [0.4, 0.5) is 0 Å². The lowest BCUT2D eigenvalue weighted by molar-refractivity contribution is -0.137. The minimum Gasteiger partial charge on any atom is -0.481 e.